The molecule has 2 aromatic rings. The van der Waals surface area contributed by atoms with Crippen LogP contribution in [-0.2, 0) is 4.79 Å². The molecule has 0 aliphatic carbocycles. The van der Waals surface area contributed by atoms with E-state index in [1.165, 1.54) is 7.11 Å². The zero-order valence-corrected chi connectivity index (χ0v) is 15.1. The summed E-state index contributed by atoms with van der Waals surface area (Å²) in [6.45, 7) is 0. The zero-order valence-electron chi connectivity index (χ0n) is 13.5. The van der Waals surface area contributed by atoms with Crippen molar-refractivity contribution in [2.45, 2.75) is 11.4 Å². The molecule has 2 fully saturated rings. The normalized spacial score (nSPS) is 22.4. The molecule has 0 radical (unpaired) electrons. The Kier molecular flexibility index (Phi) is 4.05. The van der Waals surface area contributed by atoms with Crippen LogP contribution in [0, 0.1) is 0 Å². The lowest BCUT2D eigenvalue weighted by atomic mass is 10.1. The van der Waals surface area contributed by atoms with Crippen molar-refractivity contribution in [3.8, 4) is 11.5 Å². The molecule has 0 bridgehead atoms. The van der Waals surface area contributed by atoms with Gasteiger partial charge in [0.1, 0.15) is 11.4 Å². The number of rotatable bonds is 3. The van der Waals surface area contributed by atoms with E-state index >= 15 is 0 Å². The molecule has 5 nitrogen and oxygen atoms in total. The molecule has 128 valence electrons. The number of carbonyl (C=O) groups is 1. The van der Waals surface area contributed by atoms with Gasteiger partial charge in [0.05, 0.1) is 12.8 Å². The van der Waals surface area contributed by atoms with Gasteiger partial charge in [0.15, 0.2) is 16.6 Å². The second-order valence-corrected chi connectivity index (χ2v) is 7.31. The topological polar surface area (TPSA) is 53.0 Å². The molecule has 4 rings (SSSR count). The molecule has 1 N–H and O–H groups in total. The number of carbonyl (C=O) groups excluding carboxylic acids is 1. The van der Waals surface area contributed by atoms with Gasteiger partial charge in [-0.15, -0.1) is 11.8 Å². The fourth-order valence-electron chi connectivity index (χ4n) is 3.22. The molecule has 25 heavy (non-hydrogen) atoms. The lowest BCUT2D eigenvalue weighted by molar-refractivity contribution is -0.119. The smallest absolute Gasteiger partial charge is 0.257 e. The molecular formula is C18H16N2O3S2. The summed E-state index contributed by atoms with van der Waals surface area (Å²) in [5, 5.41) is 10.5. The Morgan fingerprint density at radius 3 is 2.68 bits per heavy atom. The number of aromatic hydroxyl groups is 1. The first-order valence-electron chi connectivity index (χ1n) is 7.81. The number of nitrogens with zero attached hydrogens (tertiary/aromatic N) is 2. The van der Waals surface area contributed by atoms with E-state index in [0.717, 1.165) is 11.3 Å². The third kappa shape index (κ3) is 2.54. The molecular weight excluding hydrogens is 356 g/mol. The molecule has 0 aromatic heterocycles. The zero-order chi connectivity index (χ0) is 17.6. The van der Waals surface area contributed by atoms with Crippen molar-refractivity contribution >= 4 is 40.7 Å². The number of thioether (sulfide) groups is 1. The van der Waals surface area contributed by atoms with Crippen molar-refractivity contribution in [1.82, 2.24) is 4.90 Å². The summed E-state index contributed by atoms with van der Waals surface area (Å²) < 4.78 is 5.10. The van der Waals surface area contributed by atoms with Gasteiger partial charge in [-0.1, -0.05) is 24.3 Å². The number of amides is 1. The molecule has 2 aliphatic heterocycles. The summed E-state index contributed by atoms with van der Waals surface area (Å²) in [5.74, 6) is 1.18. The standard InChI is InChI=1S/C18H16N2O3S2/c1-23-15-8-7-11(9-14(15)21)17-20-13(10-25-17)16(22)19(18(20)24)12-5-3-2-4-6-12/h2-9,13,17,21H,10H2,1H3/t13-,17-/m1/s1. The third-order valence-electron chi connectivity index (χ3n) is 4.42. The van der Waals surface area contributed by atoms with Gasteiger partial charge in [-0.3, -0.25) is 9.69 Å². The highest BCUT2D eigenvalue weighted by molar-refractivity contribution is 7.99. The Bertz CT molecular complexity index is 843. The predicted octanol–water partition coefficient (Wildman–Crippen LogP) is 3.15. The fourth-order valence-corrected chi connectivity index (χ4v) is 5.13. The second-order valence-electron chi connectivity index (χ2n) is 5.83. The third-order valence-corrected chi connectivity index (χ3v) is 6.14. The summed E-state index contributed by atoms with van der Waals surface area (Å²) in [7, 11) is 1.51. The molecule has 0 spiro atoms. The summed E-state index contributed by atoms with van der Waals surface area (Å²) in [6, 6.07) is 14.5. The number of hydrogen-bond donors (Lipinski definition) is 1. The minimum Gasteiger partial charge on any atom is -0.504 e. The highest BCUT2D eigenvalue weighted by Crippen LogP contribution is 2.47. The van der Waals surface area contributed by atoms with Gasteiger partial charge in [0, 0.05) is 5.75 Å². The monoisotopic (exact) mass is 372 g/mol. The minimum absolute atomic E-state index is 0.00364. The Balaban J connectivity index is 1.68. The van der Waals surface area contributed by atoms with Crippen LogP contribution in [0.25, 0.3) is 0 Å². The highest BCUT2D eigenvalue weighted by Gasteiger charge is 2.50. The number of methoxy groups -OCH3 is 1. The van der Waals surface area contributed by atoms with Crippen LogP contribution >= 0.6 is 24.0 Å². The molecule has 0 unspecified atom stereocenters. The summed E-state index contributed by atoms with van der Waals surface area (Å²) in [4.78, 5) is 16.4. The van der Waals surface area contributed by atoms with Gasteiger partial charge in [-0.05, 0) is 42.0 Å². The van der Waals surface area contributed by atoms with Crippen molar-refractivity contribution in [2.75, 3.05) is 17.8 Å². The maximum absolute atomic E-state index is 12.9. The molecule has 1 amide bonds. The van der Waals surface area contributed by atoms with E-state index in [9.17, 15) is 9.90 Å². The number of fused-ring (bicyclic) bond motifs is 1. The number of anilines is 1. The van der Waals surface area contributed by atoms with Gasteiger partial charge in [0.2, 0.25) is 0 Å². The number of thiocarbonyl (C=S) groups is 1. The number of para-hydroxylation sites is 1. The summed E-state index contributed by atoms with van der Waals surface area (Å²) >= 11 is 7.28. The van der Waals surface area contributed by atoms with Crippen LogP contribution in [-0.4, -0.2) is 39.9 Å². The Morgan fingerprint density at radius 2 is 2.00 bits per heavy atom. The molecule has 0 saturated carbocycles. The van der Waals surface area contributed by atoms with Gasteiger partial charge < -0.3 is 14.7 Å². The summed E-state index contributed by atoms with van der Waals surface area (Å²) in [5.41, 5.74) is 1.68. The molecule has 7 heteroatoms. The SMILES string of the molecule is COc1ccc([C@H]2SC[C@@H]3C(=O)N(c4ccccc4)C(=S)N32)cc1O. The first-order valence-corrected chi connectivity index (χ1v) is 9.27. The van der Waals surface area contributed by atoms with E-state index in [-0.39, 0.29) is 23.1 Å². The number of benzene rings is 2. The Labute approximate surface area is 155 Å². The number of hydrogen-bond acceptors (Lipinski definition) is 5. The Hall–Kier alpha value is -2.25. The van der Waals surface area contributed by atoms with E-state index in [1.54, 1.807) is 28.8 Å². The van der Waals surface area contributed by atoms with E-state index in [0.29, 0.717) is 16.6 Å². The van der Waals surface area contributed by atoms with Crippen LogP contribution in [0.2, 0.25) is 0 Å². The largest absolute Gasteiger partial charge is 0.504 e. The van der Waals surface area contributed by atoms with E-state index in [1.807, 2.05) is 41.3 Å². The molecule has 2 atom stereocenters. The molecule has 2 aromatic carbocycles. The van der Waals surface area contributed by atoms with E-state index < -0.39 is 0 Å². The quantitative estimate of drug-likeness (QED) is 0.836. The van der Waals surface area contributed by atoms with Crippen LogP contribution < -0.4 is 9.64 Å². The molecule has 2 saturated heterocycles. The van der Waals surface area contributed by atoms with Gasteiger partial charge in [0.25, 0.3) is 5.91 Å². The van der Waals surface area contributed by atoms with Gasteiger partial charge >= 0.3 is 0 Å². The van der Waals surface area contributed by atoms with Crippen LogP contribution in [0.3, 0.4) is 0 Å². The van der Waals surface area contributed by atoms with Crippen LogP contribution in [0.15, 0.2) is 48.5 Å². The maximum atomic E-state index is 12.9. The highest BCUT2D eigenvalue weighted by atomic mass is 32.2. The van der Waals surface area contributed by atoms with Crippen molar-refractivity contribution in [3.63, 3.8) is 0 Å². The van der Waals surface area contributed by atoms with Crippen molar-refractivity contribution in [3.05, 3.63) is 54.1 Å². The lowest BCUT2D eigenvalue weighted by Crippen LogP contribution is -2.33. The average molecular weight is 372 g/mol. The molecule has 2 heterocycles. The Morgan fingerprint density at radius 1 is 1.24 bits per heavy atom. The van der Waals surface area contributed by atoms with Crippen molar-refractivity contribution < 1.29 is 14.6 Å². The average Bonchev–Trinajstić information content (AvgIpc) is 3.16. The number of phenolic OH excluding ortho intramolecular Hbond substituents is 1. The molecule has 2 aliphatic rings. The number of ether oxygens (including phenoxy) is 1. The lowest BCUT2D eigenvalue weighted by Gasteiger charge is -2.25. The fraction of sp³-hybridized carbons (Fsp3) is 0.222. The summed E-state index contributed by atoms with van der Waals surface area (Å²) in [6.07, 6.45) is 0. The van der Waals surface area contributed by atoms with E-state index in [4.69, 9.17) is 17.0 Å². The predicted molar refractivity (Wildman–Crippen MR) is 102 cm³/mol. The first kappa shape index (κ1) is 16.2. The second kappa shape index (κ2) is 6.24. The van der Waals surface area contributed by atoms with Crippen molar-refractivity contribution in [2.24, 2.45) is 0 Å². The van der Waals surface area contributed by atoms with Crippen LogP contribution in [0.4, 0.5) is 5.69 Å². The van der Waals surface area contributed by atoms with Crippen LogP contribution in [0.1, 0.15) is 10.9 Å². The van der Waals surface area contributed by atoms with Gasteiger partial charge in [-0.2, -0.15) is 0 Å². The van der Waals surface area contributed by atoms with E-state index in [2.05, 4.69) is 0 Å². The number of phenols is 1. The minimum atomic E-state index is -0.271. The van der Waals surface area contributed by atoms with Crippen molar-refractivity contribution in [1.29, 1.82) is 0 Å². The van der Waals surface area contributed by atoms with Crippen LogP contribution in [0.5, 0.6) is 11.5 Å². The maximum Gasteiger partial charge on any atom is 0.257 e. The first-order chi connectivity index (χ1) is 12.1. The van der Waals surface area contributed by atoms with Gasteiger partial charge in [-0.25, -0.2) is 0 Å².